The first-order valence-corrected chi connectivity index (χ1v) is 7.75. The highest BCUT2D eigenvalue weighted by Crippen LogP contribution is 2.25. The summed E-state index contributed by atoms with van der Waals surface area (Å²) in [6.45, 7) is 9.84. The third kappa shape index (κ3) is 6.01. The Morgan fingerprint density at radius 2 is 2.00 bits per heavy atom. The van der Waals surface area contributed by atoms with Crippen LogP contribution < -0.4 is 5.32 Å². The number of nitrogens with one attached hydrogen (secondary N) is 1. The lowest BCUT2D eigenvalue weighted by Gasteiger charge is -2.27. The molecule has 0 saturated heterocycles. The van der Waals surface area contributed by atoms with Crippen LogP contribution >= 0.6 is 0 Å². The molecule has 0 aromatic rings. The Hall–Kier alpha value is -0.340. The van der Waals surface area contributed by atoms with E-state index in [2.05, 4.69) is 38.2 Å². The van der Waals surface area contributed by atoms with E-state index in [9.17, 15) is 0 Å². The Morgan fingerprint density at radius 1 is 1.22 bits per heavy atom. The molecule has 0 heterocycles. The summed E-state index contributed by atoms with van der Waals surface area (Å²) in [5, 5.41) is 3.48. The van der Waals surface area contributed by atoms with Crippen LogP contribution in [-0.4, -0.2) is 25.8 Å². The molecular formula is C16H31NO. The number of ether oxygens (including phenoxy) is 1. The van der Waals surface area contributed by atoms with Gasteiger partial charge in [0.1, 0.15) is 0 Å². The summed E-state index contributed by atoms with van der Waals surface area (Å²) in [6, 6.07) is 0. The van der Waals surface area contributed by atoms with Gasteiger partial charge < -0.3 is 10.1 Å². The highest BCUT2D eigenvalue weighted by Gasteiger charge is 2.20. The Bertz CT molecular complexity index is 227. The Morgan fingerprint density at radius 3 is 2.67 bits per heavy atom. The zero-order chi connectivity index (χ0) is 13.2. The van der Waals surface area contributed by atoms with Crippen molar-refractivity contribution in [2.75, 3.05) is 19.7 Å². The van der Waals surface area contributed by atoms with Crippen LogP contribution in [-0.2, 0) is 4.74 Å². The van der Waals surface area contributed by atoms with Crippen molar-refractivity contribution in [2.24, 2.45) is 11.8 Å². The molecule has 1 N–H and O–H groups in total. The van der Waals surface area contributed by atoms with Crippen LogP contribution in [0.25, 0.3) is 0 Å². The van der Waals surface area contributed by atoms with E-state index in [-0.39, 0.29) is 0 Å². The maximum Gasteiger partial charge on any atom is 0.0699 e. The second kappa shape index (κ2) is 9.57. The van der Waals surface area contributed by atoms with E-state index in [0.29, 0.717) is 6.10 Å². The smallest absolute Gasteiger partial charge is 0.0699 e. The third-order valence-electron chi connectivity index (χ3n) is 3.87. The normalized spacial score (nSPS) is 25.3. The van der Waals surface area contributed by atoms with Gasteiger partial charge in [-0.05, 0) is 44.1 Å². The number of rotatable bonds is 9. The molecule has 0 aromatic carbocycles. The van der Waals surface area contributed by atoms with Crippen LogP contribution in [0.15, 0.2) is 12.2 Å². The minimum absolute atomic E-state index is 0.402. The summed E-state index contributed by atoms with van der Waals surface area (Å²) in [5.41, 5.74) is 0. The molecule has 0 amide bonds. The quantitative estimate of drug-likeness (QED) is 0.499. The molecule has 2 nitrogen and oxygen atoms in total. The van der Waals surface area contributed by atoms with E-state index >= 15 is 0 Å². The first-order valence-electron chi connectivity index (χ1n) is 7.75. The number of hydrogen-bond donors (Lipinski definition) is 1. The van der Waals surface area contributed by atoms with Crippen molar-refractivity contribution in [1.29, 1.82) is 0 Å². The van der Waals surface area contributed by atoms with Gasteiger partial charge in [-0.2, -0.15) is 0 Å². The molecule has 106 valence electrons. The minimum Gasteiger partial charge on any atom is -0.377 e. The third-order valence-corrected chi connectivity index (χ3v) is 3.87. The molecule has 1 rings (SSSR count). The molecule has 2 heteroatoms. The van der Waals surface area contributed by atoms with Crippen molar-refractivity contribution < 1.29 is 4.74 Å². The molecule has 0 saturated carbocycles. The lowest BCUT2D eigenvalue weighted by molar-refractivity contribution is 0.0123. The van der Waals surface area contributed by atoms with E-state index in [0.717, 1.165) is 31.5 Å². The second-order valence-electron chi connectivity index (χ2n) is 5.63. The molecule has 0 spiro atoms. The summed E-state index contributed by atoms with van der Waals surface area (Å²) in [6.07, 6.45) is 11.0. The maximum absolute atomic E-state index is 6.14. The molecule has 18 heavy (non-hydrogen) atoms. The highest BCUT2D eigenvalue weighted by molar-refractivity contribution is 4.93. The van der Waals surface area contributed by atoms with Crippen molar-refractivity contribution >= 4 is 0 Å². The van der Waals surface area contributed by atoms with Crippen LogP contribution in [0.3, 0.4) is 0 Å². The molecule has 3 atom stereocenters. The van der Waals surface area contributed by atoms with Gasteiger partial charge in [0, 0.05) is 6.54 Å². The number of allylic oxidation sites excluding steroid dienone is 2. The summed E-state index contributed by atoms with van der Waals surface area (Å²) in [7, 11) is 0. The van der Waals surface area contributed by atoms with Crippen LogP contribution in [0, 0.1) is 11.8 Å². The Labute approximate surface area is 113 Å². The first kappa shape index (κ1) is 15.7. The molecule has 0 radical (unpaired) electrons. The molecule has 0 fully saturated rings. The molecule has 0 aromatic heterocycles. The Balaban J connectivity index is 2.24. The number of hydrogen-bond acceptors (Lipinski definition) is 2. The van der Waals surface area contributed by atoms with Crippen LogP contribution in [0.4, 0.5) is 0 Å². The van der Waals surface area contributed by atoms with Crippen LogP contribution in [0.1, 0.15) is 52.9 Å². The zero-order valence-electron chi connectivity index (χ0n) is 12.5. The lowest BCUT2D eigenvalue weighted by Crippen LogP contribution is -2.32. The van der Waals surface area contributed by atoms with Gasteiger partial charge in [-0.15, -0.1) is 0 Å². The fourth-order valence-corrected chi connectivity index (χ4v) is 2.50. The van der Waals surface area contributed by atoms with Gasteiger partial charge in [0.15, 0.2) is 0 Å². The summed E-state index contributed by atoms with van der Waals surface area (Å²) >= 11 is 0. The zero-order valence-corrected chi connectivity index (χ0v) is 12.5. The van der Waals surface area contributed by atoms with Gasteiger partial charge in [0.25, 0.3) is 0 Å². The predicted molar refractivity (Wildman–Crippen MR) is 78.8 cm³/mol. The van der Waals surface area contributed by atoms with Crippen LogP contribution in [0.5, 0.6) is 0 Å². The second-order valence-corrected chi connectivity index (χ2v) is 5.63. The van der Waals surface area contributed by atoms with Gasteiger partial charge in [0.2, 0.25) is 0 Å². The maximum atomic E-state index is 6.14. The highest BCUT2D eigenvalue weighted by atomic mass is 16.5. The van der Waals surface area contributed by atoms with Gasteiger partial charge in [-0.25, -0.2) is 0 Å². The summed E-state index contributed by atoms with van der Waals surface area (Å²) in [4.78, 5) is 0. The fourth-order valence-electron chi connectivity index (χ4n) is 2.50. The van der Waals surface area contributed by atoms with Gasteiger partial charge in [0.05, 0.1) is 12.7 Å². The monoisotopic (exact) mass is 253 g/mol. The Kier molecular flexibility index (Phi) is 8.36. The summed E-state index contributed by atoms with van der Waals surface area (Å²) < 4.78 is 6.14. The minimum atomic E-state index is 0.402. The summed E-state index contributed by atoms with van der Waals surface area (Å²) in [5.74, 6) is 1.50. The van der Waals surface area contributed by atoms with E-state index < -0.39 is 0 Å². The van der Waals surface area contributed by atoms with E-state index in [4.69, 9.17) is 4.74 Å². The van der Waals surface area contributed by atoms with E-state index in [1.165, 1.54) is 32.1 Å². The van der Waals surface area contributed by atoms with Crippen molar-refractivity contribution in [3.8, 4) is 0 Å². The topological polar surface area (TPSA) is 21.3 Å². The molecule has 0 bridgehead atoms. The molecule has 0 aliphatic heterocycles. The predicted octanol–water partition coefficient (Wildman–Crippen LogP) is 3.77. The van der Waals surface area contributed by atoms with Crippen molar-refractivity contribution in [2.45, 2.75) is 59.0 Å². The standard InChI is InChI=1S/C16H31NO/c1-4-8-16(12-17-11-5-2)18-13-15-10-7-6-9-14(15)3/h6-7,14-17H,4-5,8-13H2,1-3H3. The largest absolute Gasteiger partial charge is 0.377 e. The van der Waals surface area contributed by atoms with Crippen molar-refractivity contribution in [3.05, 3.63) is 12.2 Å². The molecule has 1 aliphatic carbocycles. The van der Waals surface area contributed by atoms with Crippen LogP contribution in [0.2, 0.25) is 0 Å². The molecule has 1 aliphatic rings. The first-order chi connectivity index (χ1) is 8.77. The SMILES string of the molecule is CCCNCC(CCC)OCC1CC=CCC1C. The fraction of sp³-hybridized carbons (Fsp3) is 0.875. The molecular weight excluding hydrogens is 222 g/mol. The van der Waals surface area contributed by atoms with Gasteiger partial charge in [-0.3, -0.25) is 0 Å². The van der Waals surface area contributed by atoms with E-state index in [1.807, 2.05) is 0 Å². The lowest BCUT2D eigenvalue weighted by atomic mass is 9.85. The van der Waals surface area contributed by atoms with Gasteiger partial charge in [-0.1, -0.05) is 39.3 Å². The van der Waals surface area contributed by atoms with Gasteiger partial charge >= 0.3 is 0 Å². The van der Waals surface area contributed by atoms with E-state index in [1.54, 1.807) is 0 Å². The average molecular weight is 253 g/mol. The average Bonchev–Trinajstić information content (AvgIpc) is 2.38. The van der Waals surface area contributed by atoms with Crippen molar-refractivity contribution in [3.63, 3.8) is 0 Å². The molecule has 3 unspecified atom stereocenters. The van der Waals surface area contributed by atoms with Crippen molar-refractivity contribution in [1.82, 2.24) is 5.32 Å².